The average Bonchev–Trinajstić information content (AvgIpc) is 2.15. The van der Waals surface area contributed by atoms with E-state index in [9.17, 15) is 4.79 Å². The largest absolute Gasteiger partial charge is 0.480 e. The van der Waals surface area contributed by atoms with Crippen molar-refractivity contribution in [2.45, 2.75) is 0 Å². The van der Waals surface area contributed by atoms with Crippen LogP contribution in [0.5, 0.6) is 0 Å². The first-order valence-corrected chi connectivity index (χ1v) is 2.35. The summed E-state index contributed by atoms with van der Waals surface area (Å²) in [5.41, 5.74) is 2.33. The molecule has 1 aliphatic rings. The van der Waals surface area contributed by atoms with Gasteiger partial charge in [-0.15, -0.1) is 0 Å². The molecule has 0 bridgehead atoms. The van der Waals surface area contributed by atoms with Crippen LogP contribution in [-0.4, -0.2) is 22.6 Å². The van der Waals surface area contributed by atoms with Gasteiger partial charge in [-0.2, -0.15) is 0 Å². The minimum Gasteiger partial charge on any atom is -0.480 e. The Hall–Kier alpha value is -1.23. The van der Waals surface area contributed by atoms with Crippen molar-refractivity contribution in [1.29, 1.82) is 0 Å². The van der Waals surface area contributed by atoms with E-state index < -0.39 is 5.97 Å². The van der Waals surface area contributed by atoms with Crippen molar-refractivity contribution < 1.29 is 14.7 Å². The first kappa shape index (κ1) is 5.90. The number of carbonyl (C=O) groups is 1. The molecule has 9 heavy (non-hydrogen) atoms. The molecular formula is C4H6N2O3. The summed E-state index contributed by atoms with van der Waals surface area (Å²) in [6, 6.07) is 0. The van der Waals surface area contributed by atoms with Gasteiger partial charge >= 0.3 is 5.97 Å². The van der Waals surface area contributed by atoms with E-state index in [0.29, 0.717) is 0 Å². The van der Waals surface area contributed by atoms with Crippen LogP contribution in [0.4, 0.5) is 0 Å². The lowest BCUT2D eigenvalue weighted by Crippen LogP contribution is -2.32. The lowest BCUT2D eigenvalue weighted by Gasteiger charge is -2.08. The van der Waals surface area contributed by atoms with E-state index in [1.165, 1.54) is 17.5 Å². The molecule has 0 aromatic carbocycles. The fraction of sp³-hybridized carbons (Fsp3) is 0.250. The van der Waals surface area contributed by atoms with Gasteiger partial charge in [-0.1, -0.05) is 5.59 Å². The lowest BCUT2D eigenvalue weighted by atomic mass is 10.6. The third-order valence-electron chi connectivity index (χ3n) is 0.784. The van der Waals surface area contributed by atoms with Gasteiger partial charge in [-0.25, -0.2) is 0 Å². The third-order valence-corrected chi connectivity index (χ3v) is 0.784. The molecule has 0 aliphatic carbocycles. The predicted molar refractivity (Wildman–Crippen MR) is 27.7 cm³/mol. The normalized spacial score (nSPS) is 15.8. The minimum atomic E-state index is -0.905. The molecule has 0 fully saturated rings. The molecule has 5 nitrogen and oxygen atoms in total. The number of hydrogen-bond acceptors (Lipinski definition) is 4. The SMILES string of the molecule is O=C(O)CN1C=CON1. The van der Waals surface area contributed by atoms with E-state index in [1.54, 1.807) is 0 Å². The Balaban J connectivity index is 2.28. The van der Waals surface area contributed by atoms with Crippen molar-refractivity contribution in [3.63, 3.8) is 0 Å². The van der Waals surface area contributed by atoms with E-state index in [0.717, 1.165) is 0 Å². The van der Waals surface area contributed by atoms with Crippen molar-refractivity contribution in [2.24, 2.45) is 0 Å². The summed E-state index contributed by atoms with van der Waals surface area (Å²) in [6.07, 6.45) is 2.86. The highest BCUT2D eigenvalue weighted by Gasteiger charge is 2.07. The number of hydrazine groups is 1. The van der Waals surface area contributed by atoms with Crippen molar-refractivity contribution in [2.75, 3.05) is 6.54 Å². The fourth-order valence-corrected chi connectivity index (χ4v) is 0.463. The number of aliphatic carboxylic acids is 1. The molecule has 2 N–H and O–H groups in total. The smallest absolute Gasteiger partial charge is 0.324 e. The Morgan fingerprint density at radius 3 is 3.11 bits per heavy atom. The number of nitrogens with zero attached hydrogens (tertiary/aromatic N) is 1. The standard InChI is InChI=1S/C4H6N2O3/c7-4(8)3-6-1-2-9-5-6/h1-2,5H,3H2,(H,7,8). The van der Waals surface area contributed by atoms with E-state index in [4.69, 9.17) is 5.11 Å². The van der Waals surface area contributed by atoms with Crippen LogP contribution in [-0.2, 0) is 9.63 Å². The molecule has 0 atom stereocenters. The molecule has 0 unspecified atom stereocenters. The van der Waals surface area contributed by atoms with E-state index in [-0.39, 0.29) is 6.54 Å². The Morgan fingerprint density at radius 1 is 1.89 bits per heavy atom. The summed E-state index contributed by atoms with van der Waals surface area (Å²) in [5.74, 6) is -0.905. The maximum Gasteiger partial charge on any atom is 0.324 e. The van der Waals surface area contributed by atoms with Gasteiger partial charge < -0.3 is 9.94 Å². The second-order valence-corrected chi connectivity index (χ2v) is 1.52. The van der Waals surface area contributed by atoms with Gasteiger partial charge in [0.25, 0.3) is 0 Å². The topological polar surface area (TPSA) is 61.8 Å². The molecule has 50 valence electrons. The zero-order chi connectivity index (χ0) is 6.69. The first-order valence-electron chi connectivity index (χ1n) is 2.35. The van der Waals surface area contributed by atoms with Gasteiger partial charge in [0.1, 0.15) is 12.8 Å². The van der Waals surface area contributed by atoms with Crippen molar-refractivity contribution in [3.8, 4) is 0 Å². The Bertz CT molecular complexity index is 145. The predicted octanol–water partition coefficient (Wildman–Crippen LogP) is -0.706. The number of carboxylic acid groups (broad SMARTS) is 1. The zero-order valence-electron chi connectivity index (χ0n) is 4.57. The molecule has 0 radical (unpaired) electrons. The summed E-state index contributed by atoms with van der Waals surface area (Å²) in [4.78, 5) is 14.5. The monoisotopic (exact) mass is 130 g/mol. The molecule has 0 saturated heterocycles. The summed E-state index contributed by atoms with van der Waals surface area (Å²) in [5, 5.41) is 9.51. The summed E-state index contributed by atoms with van der Waals surface area (Å²) in [6.45, 7) is -0.101. The van der Waals surface area contributed by atoms with Crippen molar-refractivity contribution in [3.05, 3.63) is 12.5 Å². The van der Waals surface area contributed by atoms with E-state index in [1.807, 2.05) is 0 Å². The molecule has 5 heteroatoms. The fourth-order valence-electron chi connectivity index (χ4n) is 0.463. The number of rotatable bonds is 2. The third kappa shape index (κ3) is 1.61. The molecule has 1 heterocycles. The van der Waals surface area contributed by atoms with Gasteiger partial charge in [-0.05, 0) is 0 Å². The zero-order valence-corrected chi connectivity index (χ0v) is 4.57. The second kappa shape index (κ2) is 2.36. The molecule has 1 aliphatic heterocycles. The molecule has 0 aromatic heterocycles. The van der Waals surface area contributed by atoms with Crippen LogP contribution in [0, 0.1) is 0 Å². The Labute approximate surface area is 51.4 Å². The van der Waals surface area contributed by atoms with Crippen LogP contribution in [0.3, 0.4) is 0 Å². The molecule has 1 rings (SSSR count). The van der Waals surface area contributed by atoms with Crippen LogP contribution < -0.4 is 5.59 Å². The van der Waals surface area contributed by atoms with Crippen LogP contribution >= 0.6 is 0 Å². The summed E-state index contributed by atoms with van der Waals surface area (Å²) in [7, 11) is 0. The van der Waals surface area contributed by atoms with E-state index >= 15 is 0 Å². The minimum absolute atomic E-state index is 0.101. The van der Waals surface area contributed by atoms with Gasteiger partial charge in [0.05, 0.1) is 6.20 Å². The lowest BCUT2D eigenvalue weighted by molar-refractivity contribution is -0.139. The number of hydrogen-bond donors (Lipinski definition) is 2. The first-order chi connectivity index (χ1) is 4.29. The Kier molecular flexibility index (Phi) is 1.55. The molecule has 0 spiro atoms. The van der Waals surface area contributed by atoms with Gasteiger partial charge in [0.2, 0.25) is 0 Å². The molecule has 0 amide bonds. The average molecular weight is 130 g/mol. The van der Waals surface area contributed by atoms with Crippen molar-refractivity contribution >= 4 is 5.97 Å². The van der Waals surface area contributed by atoms with Crippen LogP contribution in [0.1, 0.15) is 0 Å². The number of nitrogens with one attached hydrogen (secondary N) is 1. The van der Waals surface area contributed by atoms with Gasteiger partial charge in [0, 0.05) is 0 Å². The summed E-state index contributed by atoms with van der Waals surface area (Å²) < 4.78 is 0. The van der Waals surface area contributed by atoms with Crippen LogP contribution in [0.2, 0.25) is 0 Å². The number of carboxylic acids is 1. The Morgan fingerprint density at radius 2 is 2.67 bits per heavy atom. The summed E-state index contributed by atoms with van der Waals surface area (Å²) >= 11 is 0. The molecular weight excluding hydrogens is 124 g/mol. The van der Waals surface area contributed by atoms with E-state index in [2.05, 4.69) is 10.4 Å². The van der Waals surface area contributed by atoms with Gasteiger partial charge in [-0.3, -0.25) is 9.80 Å². The maximum atomic E-state index is 9.98. The van der Waals surface area contributed by atoms with Crippen LogP contribution in [0.25, 0.3) is 0 Å². The maximum absolute atomic E-state index is 9.98. The quantitative estimate of drug-likeness (QED) is 0.517. The van der Waals surface area contributed by atoms with Crippen LogP contribution in [0.15, 0.2) is 12.5 Å². The highest BCUT2D eigenvalue weighted by Crippen LogP contribution is 1.91. The molecule has 0 aromatic rings. The second-order valence-electron chi connectivity index (χ2n) is 1.52. The highest BCUT2D eigenvalue weighted by atomic mass is 16.7. The highest BCUT2D eigenvalue weighted by molar-refractivity contribution is 5.69. The van der Waals surface area contributed by atoms with Gasteiger partial charge in [0.15, 0.2) is 0 Å². The molecule has 0 saturated carbocycles. The van der Waals surface area contributed by atoms with Crippen molar-refractivity contribution in [1.82, 2.24) is 10.6 Å².